The summed E-state index contributed by atoms with van der Waals surface area (Å²) in [7, 11) is -3.05. The van der Waals surface area contributed by atoms with Crippen LogP contribution in [0.15, 0.2) is 6.07 Å². The zero-order chi connectivity index (χ0) is 13.8. The van der Waals surface area contributed by atoms with Crippen LogP contribution < -0.4 is 11.3 Å². The first-order valence-corrected chi connectivity index (χ1v) is 8.15. The maximum Gasteiger partial charge on any atom is 0.149 e. The van der Waals surface area contributed by atoms with Crippen molar-refractivity contribution >= 4 is 9.84 Å². The standard InChI is InChI=1S/C11H22N4O2S/c1-4-9-6-11(15(5-2)14-9)7-10(13-12)8-18(3,16)17/h6,10,13H,4-5,7-8,12H2,1-3H3. The summed E-state index contributed by atoms with van der Waals surface area (Å²) >= 11 is 0. The quantitative estimate of drug-likeness (QED) is 0.534. The lowest BCUT2D eigenvalue weighted by atomic mass is 10.1. The highest BCUT2D eigenvalue weighted by atomic mass is 32.2. The van der Waals surface area contributed by atoms with Gasteiger partial charge in [0.15, 0.2) is 0 Å². The molecular weight excluding hydrogens is 252 g/mol. The molecule has 3 N–H and O–H groups in total. The van der Waals surface area contributed by atoms with Crippen molar-refractivity contribution in [2.75, 3.05) is 12.0 Å². The molecule has 6 nitrogen and oxygen atoms in total. The Kier molecular flexibility index (Phi) is 5.30. The lowest BCUT2D eigenvalue weighted by molar-refractivity contribution is 0.519. The zero-order valence-corrected chi connectivity index (χ0v) is 12.0. The molecule has 104 valence electrons. The van der Waals surface area contributed by atoms with E-state index in [-0.39, 0.29) is 11.8 Å². The van der Waals surface area contributed by atoms with Gasteiger partial charge in [0.2, 0.25) is 0 Å². The van der Waals surface area contributed by atoms with E-state index in [0.717, 1.165) is 24.4 Å². The first kappa shape index (κ1) is 15.1. The van der Waals surface area contributed by atoms with Crippen LogP contribution in [0.4, 0.5) is 0 Å². The summed E-state index contributed by atoms with van der Waals surface area (Å²) in [5.41, 5.74) is 4.60. The van der Waals surface area contributed by atoms with E-state index < -0.39 is 9.84 Å². The molecule has 18 heavy (non-hydrogen) atoms. The molecule has 0 aliphatic rings. The van der Waals surface area contributed by atoms with Crippen molar-refractivity contribution in [2.24, 2.45) is 5.84 Å². The van der Waals surface area contributed by atoms with Crippen LogP contribution in [0.2, 0.25) is 0 Å². The fourth-order valence-electron chi connectivity index (χ4n) is 1.91. The molecule has 7 heteroatoms. The van der Waals surface area contributed by atoms with Crippen molar-refractivity contribution in [1.29, 1.82) is 0 Å². The summed E-state index contributed by atoms with van der Waals surface area (Å²) in [5, 5.41) is 4.43. The van der Waals surface area contributed by atoms with Crippen LogP contribution in [-0.2, 0) is 29.2 Å². The average molecular weight is 274 g/mol. The van der Waals surface area contributed by atoms with Crippen LogP contribution in [0.25, 0.3) is 0 Å². The number of sulfone groups is 1. The zero-order valence-electron chi connectivity index (χ0n) is 11.2. The van der Waals surface area contributed by atoms with Crippen LogP contribution in [0.1, 0.15) is 25.2 Å². The predicted molar refractivity (Wildman–Crippen MR) is 71.8 cm³/mol. The average Bonchev–Trinajstić information content (AvgIpc) is 2.68. The van der Waals surface area contributed by atoms with Gasteiger partial charge in [0.25, 0.3) is 0 Å². The molecule has 0 aliphatic carbocycles. The van der Waals surface area contributed by atoms with E-state index >= 15 is 0 Å². The largest absolute Gasteiger partial charge is 0.271 e. The second-order valence-corrected chi connectivity index (χ2v) is 6.64. The second kappa shape index (κ2) is 6.31. The van der Waals surface area contributed by atoms with Crippen LogP contribution in [0.5, 0.6) is 0 Å². The van der Waals surface area contributed by atoms with E-state index in [2.05, 4.69) is 10.5 Å². The molecule has 0 spiro atoms. The Morgan fingerprint density at radius 2 is 2.17 bits per heavy atom. The number of nitrogens with one attached hydrogen (secondary N) is 1. The van der Waals surface area contributed by atoms with E-state index in [0.29, 0.717) is 6.42 Å². The Morgan fingerprint density at radius 1 is 1.50 bits per heavy atom. The summed E-state index contributed by atoms with van der Waals surface area (Å²) in [6.45, 7) is 4.82. The SMILES string of the molecule is CCc1cc(CC(CS(C)(=O)=O)NN)n(CC)n1. The Morgan fingerprint density at radius 3 is 2.61 bits per heavy atom. The third kappa shape index (κ3) is 4.40. The highest BCUT2D eigenvalue weighted by molar-refractivity contribution is 7.90. The predicted octanol–water partition coefficient (Wildman–Crippen LogP) is -0.116. The number of aryl methyl sites for hydroxylation is 2. The molecule has 1 aromatic rings. The first-order valence-electron chi connectivity index (χ1n) is 6.09. The molecule has 0 saturated carbocycles. The lowest BCUT2D eigenvalue weighted by Gasteiger charge is -2.15. The number of hydrogen-bond donors (Lipinski definition) is 2. The fraction of sp³-hybridized carbons (Fsp3) is 0.727. The highest BCUT2D eigenvalue weighted by Gasteiger charge is 2.17. The summed E-state index contributed by atoms with van der Waals surface area (Å²) in [6, 6.07) is 1.72. The minimum Gasteiger partial charge on any atom is -0.271 e. The number of hydrazine groups is 1. The molecule has 1 aromatic heterocycles. The highest BCUT2D eigenvalue weighted by Crippen LogP contribution is 2.09. The Balaban J connectivity index is 2.84. The van der Waals surface area contributed by atoms with Crippen LogP contribution in [0, 0.1) is 0 Å². The van der Waals surface area contributed by atoms with Gasteiger partial charge in [0, 0.05) is 31.0 Å². The van der Waals surface area contributed by atoms with Crippen molar-refractivity contribution in [3.8, 4) is 0 Å². The van der Waals surface area contributed by atoms with Gasteiger partial charge in [0.1, 0.15) is 9.84 Å². The smallest absolute Gasteiger partial charge is 0.149 e. The van der Waals surface area contributed by atoms with Crippen molar-refractivity contribution in [2.45, 2.75) is 39.3 Å². The number of nitrogens with two attached hydrogens (primary N) is 1. The van der Waals surface area contributed by atoms with Gasteiger partial charge in [-0.05, 0) is 19.4 Å². The van der Waals surface area contributed by atoms with Crippen LogP contribution in [0.3, 0.4) is 0 Å². The molecule has 0 bridgehead atoms. The normalized spacial score (nSPS) is 13.8. The maximum atomic E-state index is 11.3. The summed E-state index contributed by atoms with van der Waals surface area (Å²) in [4.78, 5) is 0. The molecule has 1 heterocycles. The van der Waals surface area contributed by atoms with Crippen LogP contribution >= 0.6 is 0 Å². The van der Waals surface area contributed by atoms with Crippen molar-refractivity contribution in [1.82, 2.24) is 15.2 Å². The topological polar surface area (TPSA) is 90.0 Å². The van der Waals surface area contributed by atoms with Gasteiger partial charge in [-0.15, -0.1) is 0 Å². The molecule has 1 unspecified atom stereocenters. The molecule has 1 rings (SSSR count). The summed E-state index contributed by atoms with van der Waals surface area (Å²) in [6.07, 6.45) is 2.64. The van der Waals surface area contributed by atoms with E-state index in [1.165, 1.54) is 6.26 Å². The first-order chi connectivity index (χ1) is 8.39. The van der Waals surface area contributed by atoms with Gasteiger partial charge < -0.3 is 0 Å². The third-order valence-electron chi connectivity index (χ3n) is 2.77. The second-order valence-electron chi connectivity index (χ2n) is 4.46. The van der Waals surface area contributed by atoms with E-state index in [4.69, 9.17) is 5.84 Å². The minimum atomic E-state index is -3.05. The van der Waals surface area contributed by atoms with Gasteiger partial charge in [-0.1, -0.05) is 6.92 Å². The molecule has 0 saturated heterocycles. The molecule has 0 aliphatic heterocycles. The third-order valence-corrected chi connectivity index (χ3v) is 3.78. The number of nitrogens with zero attached hydrogens (tertiary/aromatic N) is 2. The van der Waals surface area contributed by atoms with E-state index in [1.807, 2.05) is 24.6 Å². The fourth-order valence-corrected chi connectivity index (χ4v) is 2.85. The van der Waals surface area contributed by atoms with Crippen molar-refractivity contribution in [3.63, 3.8) is 0 Å². The van der Waals surface area contributed by atoms with E-state index in [1.54, 1.807) is 0 Å². The van der Waals surface area contributed by atoms with Gasteiger partial charge >= 0.3 is 0 Å². The molecule has 0 aromatic carbocycles. The van der Waals surface area contributed by atoms with E-state index in [9.17, 15) is 8.42 Å². The van der Waals surface area contributed by atoms with Crippen molar-refractivity contribution in [3.05, 3.63) is 17.5 Å². The molecule has 0 fully saturated rings. The number of hydrogen-bond acceptors (Lipinski definition) is 5. The minimum absolute atomic E-state index is 0.0276. The number of aromatic nitrogens is 2. The lowest BCUT2D eigenvalue weighted by Crippen LogP contribution is -2.42. The molecule has 0 amide bonds. The Bertz CT molecular complexity index is 481. The number of rotatable bonds is 7. The molecular formula is C11H22N4O2S. The maximum absolute atomic E-state index is 11.3. The summed E-state index contributed by atoms with van der Waals surface area (Å²) < 4.78 is 24.5. The summed E-state index contributed by atoms with van der Waals surface area (Å²) in [5.74, 6) is 5.44. The van der Waals surface area contributed by atoms with Gasteiger partial charge in [-0.3, -0.25) is 16.0 Å². The molecule has 0 radical (unpaired) electrons. The van der Waals surface area contributed by atoms with Gasteiger partial charge in [-0.25, -0.2) is 8.42 Å². The Labute approximate surface area is 108 Å². The van der Waals surface area contributed by atoms with Crippen LogP contribution in [-0.4, -0.2) is 36.2 Å². The monoisotopic (exact) mass is 274 g/mol. The van der Waals surface area contributed by atoms with Gasteiger partial charge in [0.05, 0.1) is 11.4 Å². The molecule has 1 atom stereocenters. The Hall–Kier alpha value is -0.920. The van der Waals surface area contributed by atoms with Crippen molar-refractivity contribution < 1.29 is 8.42 Å². The van der Waals surface area contributed by atoms with Gasteiger partial charge in [-0.2, -0.15) is 5.10 Å².